The van der Waals surface area contributed by atoms with Crippen molar-refractivity contribution in [3.63, 3.8) is 0 Å². The number of halogens is 1. The van der Waals surface area contributed by atoms with Crippen molar-refractivity contribution in [3.8, 4) is 5.75 Å². The number of nitrogens with one attached hydrogen (secondary N) is 1. The molecule has 114 valence electrons. The summed E-state index contributed by atoms with van der Waals surface area (Å²) in [5.41, 5.74) is 1.71. The minimum absolute atomic E-state index is 0.0125. The third-order valence-electron chi connectivity index (χ3n) is 3.87. The van der Waals surface area contributed by atoms with Gasteiger partial charge < -0.3 is 10.1 Å². The molecular weight excluding hydrogens is 281 g/mol. The number of ether oxygens (including phenoxy) is 1. The maximum absolute atomic E-state index is 12.9. The average molecular weight is 299 g/mol. The zero-order chi connectivity index (χ0) is 15.5. The second-order valence-corrected chi connectivity index (χ2v) is 5.42. The summed E-state index contributed by atoms with van der Waals surface area (Å²) in [5.74, 6) is 0.537. The van der Waals surface area contributed by atoms with Crippen LogP contribution in [0.5, 0.6) is 5.75 Å². The molecule has 22 heavy (non-hydrogen) atoms. The molecule has 4 heteroatoms. The molecule has 1 N–H and O–H groups in total. The highest BCUT2D eigenvalue weighted by Crippen LogP contribution is 2.48. The van der Waals surface area contributed by atoms with Gasteiger partial charge in [0.2, 0.25) is 5.91 Å². The Labute approximate surface area is 129 Å². The quantitative estimate of drug-likeness (QED) is 0.907. The van der Waals surface area contributed by atoms with Gasteiger partial charge in [0, 0.05) is 5.92 Å². The lowest BCUT2D eigenvalue weighted by molar-refractivity contribution is -0.117. The molecular formula is C18H18FNO2. The lowest BCUT2D eigenvalue weighted by Crippen LogP contribution is -2.15. The minimum Gasteiger partial charge on any atom is -0.492 e. The molecule has 2 aromatic rings. The van der Waals surface area contributed by atoms with E-state index in [9.17, 15) is 9.18 Å². The Morgan fingerprint density at radius 1 is 1.23 bits per heavy atom. The smallest absolute Gasteiger partial charge is 0.228 e. The number of carbonyl (C=O) groups excluding carboxylic acids is 1. The summed E-state index contributed by atoms with van der Waals surface area (Å²) in [7, 11) is 0. The van der Waals surface area contributed by atoms with Gasteiger partial charge in [0.25, 0.3) is 0 Å². The molecule has 0 radical (unpaired) electrons. The Morgan fingerprint density at radius 2 is 1.95 bits per heavy atom. The molecule has 0 aromatic heterocycles. The van der Waals surface area contributed by atoms with Crippen LogP contribution >= 0.6 is 0 Å². The van der Waals surface area contributed by atoms with Crippen molar-refractivity contribution in [2.24, 2.45) is 5.92 Å². The van der Waals surface area contributed by atoms with Crippen molar-refractivity contribution in [2.45, 2.75) is 19.3 Å². The van der Waals surface area contributed by atoms with E-state index < -0.39 is 0 Å². The number of rotatable bonds is 5. The first kappa shape index (κ1) is 14.6. The summed E-state index contributed by atoms with van der Waals surface area (Å²) in [6, 6.07) is 13.8. The minimum atomic E-state index is -0.254. The molecule has 3 nitrogen and oxygen atoms in total. The Hall–Kier alpha value is -2.36. The van der Waals surface area contributed by atoms with Gasteiger partial charge in [0.15, 0.2) is 0 Å². The van der Waals surface area contributed by atoms with E-state index in [4.69, 9.17) is 4.74 Å². The van der Waals surface area contributed by atoms with Gasteiger partial charge >= 0.3 is 0 Å². The summed E-state index contributed by atoms with van der Waals surface area (Å²) in [5, 5.41) is 2.93. The molecule has 1 fully saturated rings. The number of benzene rings is 2. The van der Waals surface area contributed by atoms with Crippen molar-refractivity contribution in [2.75, 3.05) is 11.9 Å². The highest BCUT2D eigenvalue weighted by atomic mass is 19.1. The molecule has 0 aliphatic heterocycles. The molecule has 2 atom stereocenters. The molecule has 2 aromatic carbocycles. The molecule has 1 amide bonds. The molecule has 1 saturated carbocycles. The molecule has 0 bridgehead atoms. The van der Waals surface area contributed by atoms with Gasteiger partial charge in [0.1, 0.15) is 11.6 Å². The van der Waals surface area contributed by atoms with Crippen LogP contribution in [0.1, 0.15) is 24.8 Å². The fourth-order valence-electron chi connectivity index (χ4n) is 2.64. The monoisotopic (exact) mass is 299 g/mol. The normalized spacial score (nSPS) is 19.5. The van der Waals surface area contributed by atoms with Gasteiger partial charge in [-0.05, 0) is 49.1 Å². The van der Waals surface area contributed by atoms with Gasteiger partial charge in [-0.3, -0.25) is 4.79 Å². The number of amides is 1. The molecule has 1 aliphatic rings. The fraction of sp³-hybridized carbons (Fsp3) is 0.278. The van der Waals surface area contributed by atoms with Gasteiger partial charge in [-0.1, -0.05) is 24.3 Å². The Balaban J connectivity index is 1.65. The van der Waals surface area contributed by atoms with Gasteiger partial charge in [-0.15, -0.1) is 0 Å². The molecule has 0 spiro atoms. The number of hydrogen-bond donors (Lipinski definition) is 1. The molecule has 0 heterocycles. The lowest BCUT2D eigenvalue weighted by atomic mass is 10.1. The van der Waals surface area contributed by atoms with Crippen molar-refractivity contribution in [1.29, 1.82) is 0 Å². The Morgan fingerprint density at radius 3 is 2.68 bits per heavy atom. The van der Waals surface area contributed by atoms with Crippen molar-refractivity contribution < 1.29 is 13.9 Å². The number of carbonyl (C=O) groups is 1. The maximum Gasteiger partial charge on any atom is 0.228 e. The predicted molar refractivity (Wildman–Crippen MR) is 83.5 cm³/mol. The Bertz CT molecular complexity index is 669. The van der Waals surface area contributed by atoms with Crippen LogP contribution in [0.25, 0.3) is 0 Å². The van der Waals surface area contributed by atoms with E-state index >= 15 is 0 Å². The first-order valence-electron chi connectivity index (χ1n) is 7.47. The van der Waals surface area contributed by atoms with Crippen LogP contribution in [0.15, 0.2) is 48.5 Å². The van der Waals surface area contributed by atoms with Crippen LogP contribution < -0.4 is 10.1 Å². The van der Waals surface area contributed by atoms with Crippen LogP contribution in [0, 0.1) is 11.7 Å². The van der Waals surface area contributed by atoms with Crippen molar-refractivity contribution >= 4 is 11.6 Å². The van der Waals surface area contributed by atoms with Crippen molar-refractivity contribution in [3.05, 3.63) is 59.9 Å². The SMILES string of the molecule is CCOc1ccccc1NC(=O)C1CC1c1ccc(F)cc1. The average Bonchev–Trinajstić information content (AvgIpc) is 3.31. The van der Waals surface area contributed by atoms with E-state index in [0.29, 0.717) is 18.0 Å². The zero-order valence-corrected chi connectivity index (χ0v) is 12.4. The first-order chi connectivity index (χ1) is 10.7. The van der Waals surface area contributed by atoms with Gasteiger partial charge in [-0.25, -0.2) is 4.39 Å². The first-order valence-corrected chi connectivity index (χ1v) is 7.47. The van der Waals surface area contributed by atoms with Gasteiger partial charge in [0.05, 0.1) is 12.3 Å². The standard InChI is InChI=1S/C18H18FNO2/c1-2-22-17-6-4-3-5-16(17)20-18(21)15-11-14(15)12-7-9-13(19)10-8-12/h3-10,14-15H,2,11H2,1H3,(H,20,21). The van der Waals surface area contributed by atoms with E-state index in [0.717, 1.165) is 12.0 Å². The summed E-state index contributed by atoms with van der Waals surface area (Å²) in [4.78, 5) is 12.3. The summed E-state index contributed by atoms with van der Waals surface area (Å²) in [6.07, 6.45) is 0.800. The van der Waals surface area contributed by atoms with Crippen LogP contribution in [0.4, 0.5) is 10.1 Å². The number of anilines is 1. The highest BCUT2D eigenvalue weighted by molar-refractivity contribution is 5.96. The predicted octanol–water partition coefficient (Wildman–Crippen LogP) is 3.97. The zero-order valence-electron chi connectivity index (χ0n) is 12.4. The van der Waals surface area contributed by atoms with Gasteiger partial charge in [-0.2, -0.15) is 0 Å². The van der Waals surface area contributed by atoms with Crippen LogP contribution in [-0.4, -0.2) is 12.5 Å². The number of hydrogen-bond acceptors (Lipinski definition) is 2. The summed E-state index contributed by atoms with van der Waals surface area (Å²) < 4.78 is 18.4. The second kappa shape index (κ2) is 6.18. The van der Waals surface area contributed by atoms with E-state index in [2.05, 4.69) is 5.32 Å². The molecule has 2 unspecified atom stereocenters. The van der Waals surface area contributed by atoms with Crippen molar-refractivity contribution in [1.82, 2.24) is 0 Å². The second-order valence-electron chi connectivity index (χ2n) is 5.42. The maximum atomic E-state index is 12.9. The fourth-order valence-corrected chi connectivity index (χ4v) is 2.64. The Kier molecular flexibility index (Phi) is 4.09. The molecule has 3 rings (SSSR count). The topological polar surface area (TPSA) is 38.3 Å². The molecule has 0 saturated heterocycles. The summed E-state index contributed by atoms with van der Waals surface area (Å²) in [6.45, 7) is 2.46. The van der Waals surface area contributed by atoms with E-state index in [1.54, 1.807) is 12.1 Å². The highest BCUT2D eigenvalue weighted by Gasteiger charge is 2.44. The van der Waals surface area contributed by atoms with E-state index in [-0.39, 0.29) is 23.6 Å². The third kappa shape index (κ3) is 3.11. The lowest BCUT2D eigenvalue weighted by Gasteiger charge is -2.11. The van der Waals surface area contributed by atoms with Crippen LogP contribution in [0.2, 0.25) is 0 Å². The number of para-hydroxylation sites is 2. The molecule has 1 aliphatic carbocycles. The van der Waals surface area contributed by atoms with E-state index in [1.165, 1.54) is 12.1 Å². The van der Waals surface area contributed by atoms with Crippen LogP contribution in [-0.2, 0) is 4.79 Å². The largest absolute Gasteiger partial charge is 0.492 e. The van der Waals surface area contributed by atoms with Crippen LogP contribution in [0.3, 0.4) is 0 Å². The third-order valence-corrected chi connectivity index (χ3v) is 3.87. The van der Waals surface area contributed by atoms with E-state index in [1.807, 2.05) is 31.2 Å². The summed E-state index contributed by atoms with van der Waals surface area (Å²) >= 11 is 0.